The Morgan fingerprint density at radius 2 is 2.55 bits per heavy atom. The summed E-state index contributed by atoms with van der Waals surface area (Å²) in [7, 11) is 1.55. The van der Waals surface area contributed by atoms with Gasteiger partial charge in [-0.25, -0.2) is 0 Å². The number of hydrogen-bond acceptors (Lipinski definition) is 4. The lowest BCUT2D eigenvalue weighted by Crippen LogP contribution is -2.22. The maximum absolute atomic E-state index is 5.55. The highest BCUT2D eigenvalue weighted by molar-refractivity contribution is 5.61. The van der Waals surface area contributed by atoms with Gasteiger partial charge in [0.25, 0.3) is 0 Å². The molecule has 1 fully saturated rings. The van der Waals surface area contributed by atoms with E-state index in [0.717, 1.165) is 13.1 Å². The number of nitrogens with zero attached hydrogens (tertiary/aromatic N) is 1. The molecule has 0 radical (unpaired) electrons. The molecule has 0 aromatic carbocycles. The first kappa shape index (κ1) is 8.49. The van der Waals surface area contributed by atoms with Crippen molar-refractivity contribution >= 4 is 6.21 Å². The van der Waals surface area contributed by atoms with Gasteiger partial charge in [-0.15, -0.1) is 0 Å². The van der Waals surface area contributed by atoms with Crippen LogP contribution in [0.15, 0.2) is 5.16 Å². The smallest absolute Gasteiger partial charge is 0.106 e. The first-order valence-corrected chi connectivity index (χ1v) is 3.86. The minimum atomic E-state index is 0.444. The van der Waals surface area contributed by atoms with Crippen LogP contribution in [0, 0.1) is 11.8 Å². The molecule has 1 heterocycles. The van der Waals surface area contributed by atoms with Crippen LogP contribution in [-0.2, 0) is 4.84 Å². The Hall–Kier alpha value is -0.610. The van der Waals surface area contributed by atoms with Crippen LogP contribution < -0.4 is 11.1 Å². The minimum absolute atomic E-state index is 0.444. The summed E-state index contributed by atoms with van der Waals surface area (Å²) in [5.74, 6) is 0.967. The van der Waals surface area contributed by atoms with Gasteiger partial charge >= 0.3 is 0 Å². The van der Waals surface area contributed by atoms with E-state index >= 15 is 0 Å². The van der Waals surface area contributed by atoms with Crippen molar-refractivity contribution in [2.45, 2.75) is 0 Å². The van der Waals surface area contributed by atoms with Crippen molar-refractivity contribution in [3.8, 4) is 0 Å². The summed E-state index contributed by atoms with van der Waals surface area (Å²) in [6, 6.07) is 0. The largest absolute Gasteiger partial charge is 0.399 e. The number of nitrogens with one attached hydrogen (secondary N) is 1. The average molecular weight is 157 g/mol. The lowest BCUT2D eigenvalue weighted by atomic mass is 9.98. The van der Waals surface area contributed by atoms with Crippen molar-refractivity contribution in [1.82, 2.24) is 5.32 Å². The summed E-state index contributed by atoms with van der Waals surface area (Å²) in [6.07, 6.45) is 1.83. The van der Waals surface area contributed by atoms with Crippen molar-refractivity contribution in [2.24, 2.45) is 22.7 Å². The third-order valence-corrected chi connectivity index (χ3v) is 2.05. The van der Waals surface area contributed by atoms with Crippen molar-refractivity contribution < 1.29 is 4.84 Å². The van der Waals surface area contributed by atoms with Crippen molar-refractivity contribution in [1.29, 1.82) is 0 Å². The van der Waals surface area contributed by atoms with E-state index in [2.05, 4.69) is 15.3 Å². The number of hydrogen-bond donors (Lipinski definition) is 2. The normalized spacial score (nSPS) is 31.5. The van der Waals surface area contributed by atoms with Gasteiger partial charge in [0.2, 0.25) is 0 Å². The van der Waals surface area contributed by atoms with Gasteiger partial charge in [-0.1, -0.05) is 5.16 Å². The fourth-order valence-corrected chi connectivity index (χ4v) is 1.33. The molecular formula is C7H15N3O. The molecule has 2 unspecified atom stereocenters. The van der Waals surface area contributed by atoms with E-state index in [9.17, 15) is 0 Å². The van der Waals surface area contributed by atoms with Crippen LogP contribution in [0.25, 0.3) is 0 Å². The quantitative estimate of drug-likeness (QED) is 0.425. The average Bonchev–Trinajstić information content (AvgIpc) is 2.47. The molecule has 0 aromatic rings. The SMILES string of the molecule is CON=CC1CNCC1CN. The molecule has 4 heteroatoms. The molecule has 1 aliphatic rings. The molecule has 2 atom stereocenters. The van der Waals surface area contributed by atoms with E-state index < -0.39 is 0 Å². The second-order valence-electron chi connectivity index (χ2n) is 2.75. The van der Waals surface area contributed by atoms with Crippen LogP contribution in [-0.4, -0.2) is 33.0 Å². The highest BCUT2D eigenvalue weighted by atomic mass is 16.6. The second-order valence-corrected chi connectivity index (χ2v) is 2.75. The van der Waals surface area contributed by atoms with Gasteiger partial charge in [0, 0.05) is 18.7 Å². The molecule has 0 bridgehead atoms. The lowest BCUT2D eigenvalue weighted by Gasteiger charge is -2.09. The zero-order valence-electron chi connectivity index (χ0n) is 6.79. The molecule has 1 rings (SSSR count). The summed E-state index contributed by atoms with van der Waals surface area (Å²) in [5.41, 5.74) is 5.55. The van der Waals surface area contributed by atoms with Crippen molar-refractivity contribution in [2.75, 3.05) is 26.7 Å². The molecule has 1 saturated heterocycles. The van der Waals surface area contributed by atoms with Crippen LogP contribution in [0.3, 0.4) is 0 Å². The van der Waals surface area contributed by atoms with Gasteiger partial charge in [-0.05, 0) is 19.0 Å². The van der Waals surface area contributed by atoms with E-state index in [4.69, 9.17) is 5.73 Å². The summed E-state index contributed by atoms with van der Waals surface area (Å²) < 4.78 is 0. The highest BCUT2D eigenvalue weighted by Gasteiger charge is 2.23. The van der Waals surface area contributed by atoms with Crippen LogP contribution in [0.1, 0.15) is 0 Å². The molecule has 0 spiro atoms. The third-order valence-electron chi connectivity index (χ3n) is 2.05. The first-order chi connectivity index (χ1) is 5.38. The molecule has 64 valence electrons. The van der Waals surface area contributed by atoms with Gasteiger partial charge in [0.05, 0.1) is 0 Å². The maximum Gasteiger partial charge on any atom is 0.106 e. The van der Waals surface area contributed by atoms with Crippen LogP contribution in [0.5, 0.6) is 0 Å². The monoisotopic (exact) mass is 157 g/mol. The molecule has 0 aromatic heterocycles. The number of rotatable bonds is 3. The van der Waals surface area contributed by atoms with Gasteiger partial charge in [-0.3, -0.25) is 0 Å². The second kappa shape index (κ2) is 4.31. The van der Waals surface area contributed by atoms with Crippen LogP contribution in [0.4, 0.5) is 0 Å². The van der Waals surface area contributed by atoms with Gasteiger partial charge < -0.3 is 15.9 Å². The topological polar surface area (TPSA) is 59.6 Å². The Morgan fingerprint density at radius 1 is 1.73 bits per heavy atom. The van der Waals surface area contributed by atoms with E-state index in [1.54, 1.807) is 7.11 Å². The highest BCUT2D eigenvalue weighted by Crippen LogP contribution is 2.12. The molecule has 0 saturated carbocycles. The molecule has 1 aliphatic heterocycles. The minimum Gasteiger partial charge on any atom is -0.399 e. The molecular weight excluding hydrogens is 142 g/mol. The van der Waals surface area contributed by atoms with Crippen LogP contribution in [0.2, 0.25) is 0 Å². The zero-order valence-corrected chi connectivity index (χ0v) is 6.79. The van der Waals surface area contributed by atoms with E-state index in [1.807, 2.05) is 6.21 Å². The standard InChI is InChI=1S/C7H15N3O/c1-11-10-5-7-4-9-3-6(7)2-8/h5-7,9H,2-4,8H2,1H3. The van der Waals surface area contributed by atoms with E-state index in [0.29, 0.717) is 18.4 Å². The number of nitrogens with two attached hydrogens (primary N) is 1. The predicted octanol–water partition coefficient (Wildman–Crippen LogP) is -0.587. The number of oxime groups is 1. The van der Waals surface area contributed by atoms with Gasteiger partial charge in [0.1, 0.15) is 7.11 Å². The molecule has 0 amide bonds. The predicted molar refractivity (Wildman–Crippen MR) is 44.4 cm³/mol. The summed E-state index contributed by atoms with van der Waals surface area (Å²) in [4.78, 5) is 4.60. The maximum atomic E-state index is 5.55. The Labute approximate surface area is 66.8 Å². The van der Waals surface area contributed by atoms with E-state index in [1.165, 1.54) is 0 Å². The van der Waals surface area contributed by atoms with Gasteiger partial charge in [0.15, 0.2) is 0 Å². The fraction of sp³-hybridized carbons (Fsp3) is 0.857. The summed E-state index contributed by atoms with van der Waals surface area (Å²) in [6.45, 7) is 2.68. The molecule has 11 heavy (non-hydrogen) atoms. The fourth-order valence-electron chi connectivity index (χ4n) is 1.33. The van der Waals surface area contributed by atoms with Crippen LogP contribution >= 0.6 is 0 Å². The Balaban J connectivity index is 2.37. The van der Waals surface area contributed by atoms with Crippen molar-refractivity contribution in [3.63, 3.8) is 0 Å². The first-order valence-electron chi connectivity index (χ1n) is 3.86. The Morgan fingerprint density at radius 3 is 3.18 bits per heavy atom. The third kappa shape index (κ3) is 2.17. The molecule has 4 nitrogen and oxygen atoms in total. The Kier molecular flexibility index (Phi) is 3.32. The van der Waals surface area contributed by atoms with Crippen molar-refractivity contribution in [3.05, 3.63) is 0 Å². The van der Waals surface area contributed by atoms with E-state index in [-0.39, 0.29) is 0 Å². The molecule has 3 N–H and O–H groups in total. The molecule has 0 aliphatic carbocycles. The Bertz CT molecular complexity index is 138. The summed E-state index contributed by atoms with van der Waals surface area (Å²) in [5, 5.41) is 6.99. The summed E-state index contributed by atoms with van der Waals surface area (Å²) >= 11 is 0. The zero-order chi connectivity index (χ0) is 8.10. The van der Waals surface area contributed by atoms with Gasteiger partial charge in [-0.2, -0.15) is 0 Å². The lowest BCUT2D eigenvalue weighted by molar-refractivity contribution is 0.212.